The van der Waals surface area contributed by atoms with Crippen LogP contribution in [0.5, 0.6) is 0 Å². The summed E-state index contributed by atoms with van der Waals surface area (Å²) in [5.74, 6) is -1.41. The van der Waals surface area contributed by atoms with Crippen molar-refractivity contribution in [3.8, 4) is 0 Å². The molecule has 0 aromatic heterocycles. The van der Waals surface area contributed by atoms with Gasteiger partial charge < -0.3 is 15.6 Å². The Morgan fingerprint density at radius 3 is 1.94 bits per heavy atom. The molecule has 0 amide bonds. The van der Waals surface area contributed by atoms with Crippen molar-refractivity contribution >= 4 is 21.5 Å². The fraction of sp³-hybridized carbons (Fsp3) is 0.200. The van der Waals surface area contributed by atoms with Gasteiger partial charge >= 0.3 is 11.9 Å². The summed E-state index contributed by atoms with van der Waals surface area (Å²) in [6.45, 7) is 0.368. The lowest BCUT2D eigenvalue weighted by Crippen LogP contribution is -2.34. The van der Waals surface area contributed by atoms with Gasteiger partial charge in [0.25, 0.3) is 0 Å². The molecule has 1 atom stereocenters. The van der Waals surface area contributed by atoms with Crippen LogP contribution in [-0.2, 0) is 16.0 Å². The molecule has 5 nitrogen and oxygen atoms in total. The molecule has 0 saturated heterocycles. The second-order valence-corrected chi connectivity index (χ2v) is 9.60. The van der Waals surface area contributed by atoms with Gasteiger partial charge in [-0.15, -0.1) is 0 Å². The van der Waals surface area contributed by atoms with E-state index in [1.807, 2.05) is 12.1 Å². The number of carboxylic acid groups (broad SMARTS) is 1. The zero-order chi connectivity index (χ0) is 22.1. The molecule has 0 aliphatic heterocycles. The topological polar surface area (TPSA) is 89.6 Å². The minimum atomic E-state index is -0.983. The Morgan fingerprint density at radius 2 is 1.42 bits per heavy atom. The van der Waals surface area contributed by atoms with Crippen molar-refractivity contribution in [3.63, 3.8) is 0 Å². The summed E-state index contributed by atoms with van der Waals surface area (Å²) < 4.78 is 5.44. The molecule has 0 spiro atoms. The molecule has 3 aromatic rings. The van der Waals surface area contributed by atoms with Crippen LogP contribution in [-0.4, -0.2) is 39.2 Å². The second kappa shape index (κ2) is 11.2. The summed E-state index contributed by atoms with van der Waals surface area (Å²) in [6.07, 6.45) is 0.312. The molecule has 0 heterocycles. The van der Waals surface area contributed by atoms with E-state index in [0.29, 0.717) is 18.6 Å². The van der Waals surface area contributed by atoms with E-state index in [4.69, 9.17) is 15.6 Å². The van der Waals surface area contributed by atoms with Crippen molar-refractivity contribution in [1.29, 1.82) is 0 Å². The van der Waals surface area contributed by atoms with Gasteiger partial charge in [0, 0.05) is 9.52 Å². The number of esters is 1. The van der Waals surface area contributed by atoms with Gasteiger partial charge in [-0.1, -0.05) is 72.8 Å². The lowest BCUT2D eigenvalue weighted by Gasteiger charge is -2.18. The van der Waals surface area contributed by atoms with E-state index in [0.717, 1.165) is 11.6 Å². The van der Waals surface area contributed by atoms with Crippen molar-refractivity contribution in [2.45, 2.75) is 24.0 Å². The minimum absolute atomic E-state index is 0.205. The highest BCUT2D eigenvalue weighted by Gasteiger charge is 2.18. The molecule has 3 aromatic carbocycles. The van der Waals surface area contributed by atoms with E-state index in [1.54, 1.807) is 12.1 Å². The van der Waals surface area contributed by atoms with Crippen LogP contribution in [0.15, 0.2) is 84.9 Å². The summed E-state index contributed by atoms with van der Waals surface area (Å²) in [5, 5.41) is 8.96. The predicted octanol–water partition coefficient (Wildman–Crippen LogP) is 3.17. The number of carbonyl (C=O) groups excluding carboxylic acids is 1. The van der Waals surface area contributed by atoms with E-state index in [-0.39, 0.29) is 5.56 Å². The zero-order valence-corrected chi connectivity index (χ0v) is 18.7. The molecule has 0 aliphatic carbocycles. The Kier molecular flexibility index (Phi) is 8.15. The standard InChI is InChI=1S/C25H27NO4Si/c26-22(17-18-11-13-21(14-12-18)24(27)28)25(29)30-15-16-31-23(19-7-3-1-4-8-19)20-9-5-2-6-10-20/h1-14,22-23H,15-17,26,31H2,(H,27,28). The Labute approximate surface area is 184 Å². The number of nitrogens with two attached hydrogens (primary N) is 1. The summed E-state index contributed by atoms with van der Waals surface area (Å²) in [4.78, 5) is 23.2. The highest BCUT2D eigenvalue weighted by molar-refractivity contribution is 6.39. The average molecular weight is 434 g/mol. The van der Waals surface area contributed by atoms with E-state index in [2.05, 4.69) is 48.5 Å². The molecule has 6 heteroatoms. The van der Waals surface area contributed by atoms with Gasteiger partial charge in [-0.25, -0.2) is 4.79 Å². The fourth-order valence-corrected chi connectivity index (χ4v) is 5.51. The van der Waals surface area contributed by atoms with Gasteiger partial charge in [-0.05, 0) is 46.8 Å². The lowest BCUT2D eigenvalue weighted by atomic mass is 10.0. The quantitative estimate of drug-likeness (QED) is 0.291. The maximum atomic E-state index is 12.3. The van der Waals surface area contributed by atoms with Crippen LogP contribution in [0.25, 0.3) is 0 Å². The first-order valence-corrected chi connectivity index (χ1v) is 12.2. The second-order valence-electron chi connectivity index (χ2n) is 7.50. The van der Waals surface area contributed by atoms with Crippen molar-refractivity contribution in [3.05, 3.63) is 107 Å². The molecule has 0 bridgehead atoms. The molecule has 160 valence electrons. The Hall–Kier alpha value is -3.22. The van der Waals surface area contributed by atoms with Gasteiger partial charge in [0.2, 0.25) is 0 Å². The smallest absolute Gasteiger partial charge is 0.335 e. The van der Waals surface area contributed by atoms with Crippen LogP contribution in [0.1, 0.15) is 32.6 Å². The van der Waals surface area contributed by atoms with E-state index in [1.165, 1.54) is 23.3 Å². The van der Waals surface area contributed by atoms with Crippen LogP contribution < -0.4 is 5.73 Å². The molecule has 0 radical (unpaired) electrons. The first-order chi connectivity index (χ1) is 15.0. The van der Waals surface area contributed by atoms with Crippen LogP contribution in [0.2, 0.25) is 6.04 Å². The summed E-state index contributed by atoms with van der Waals surface area (Å²) in [6, 6.07) is 27.3. The third-order valence-corrected chi connectivity index (χ3v) is 7.46. The number of ether oxygens (including phenoxy) is 1. The summed E-state index contributed by atoms with van der Waals surface area (Å²) in [5.41, 5.74) is 9.98. The molecular formula is C25H27NO4Si. The predicted molar refractivity (Wildman–Crippen MR) is 124 cm³/mol. The van der Waals surface area contributed by atoms with Crippen LogP contribution in [0.3, 0.4) is 0 Å². The first kappa shape index (κ1) is 22.5. The van der Waals surface area contributed by atoms with Gasteiger partial charge in [0.05, 0.1) is 12.2 Å². The Balaban J connectivity index is 1.50. The first-order valence-electron chi connectivity index (χ1n) is 10.4. The number of rotatable bonds is 10. The number of carboxylic acids is 1. The Morgan fingerprint density at radius 1 is 0.871 bits per heavy atom. The van der Waals surface area contributed by atoms with E-state index < -0.39 is 27.5 Å². The molecular weight excluding hydrogens is 406 g/mol. The van der Waals surface area contributed by atoms with Crippen molar-refractivity contribution in [2.24, 2.45) is 5.73 Å². The lowest BCUT2D eigenvalue weighted by molar-refractivity contribution is -0.144. The Bertz CT molecular complexity index is 938. The molecule has 3 rings (SSSR count). The molecule has 0 saturated carbocycles. The molecule has 1 unspecified atom stereocenters. The number of aromatic carboxylic acids is 1. The van der Waals surface area contributed by atoms with Gasteiger partial charge in [0.15, 0.2) is 0 Å². The monoisotopic (exact) mass is 433 g/mol. The largest absolute Gasteiger partial charge is 0.478 e. The number of hydrogen-bond donors (Lipinski definition) is 2. The van der Waals surface area contributed by atoms with Gasteiger partial charge in [-0.3, -0.25) is 4.79 Å². The molecule has 3 N–H and O–H groups in total. The number of carbonyl (C=O) groups is 2. The third kappa shape index (κ3) is 6.63. The van der Waals surface area contributed by atoms with Crippen molar-refractivity contribution in [1.82, 2.24) is 0 Å². The van der Waals surface area contributed by atoms with Crippen LogP contribution in [0, 0.1) is 0 Å². The minimum Gasteiger partial charge on any atom is -0.478 e. The van der Waals surface area contributed by atoms with Crippen molar-refractivity contribution < 1.29 is 19.4 Å². The molecule has 0 fully saturated rings. The van der Waals surface area contributed by atoms with Gasteiger partial charge in [-0.2, -0.15) is 0 Å². The van der Waals surface area contributed by atoms with E-state index in [9.17, 15) is 9.59 Å². The highest BCUT2D eigenvalue weighted by atomic mass is 28.2. The maximum Gasteiger partial charge on any atom is 0.335 e. The van der Waals surface area contributed by atoms with Gasteiger partial charge in [0.1, 0.15) is 6.04 Å². The third-order valence-electron chi connectivity index (χ3n) is 5.24. The van der Waals surface area contributed by atoms with Crippen LogP contribution in [0.4, 0.5) is 0 Å². The number of hydrogen-bond acceptors (Lipinski definition) is 4. The van der Waals surface area contributed by atoms with Crippen LogP contribution >= 0.6 is 0 Å². The zero-order valence-electron chi connectivity index (χ0n) is 17.3. The maximum absolute atomic E-state index is 12.3. The summed E-state index contributed by atoms with van der Waals surface area (Å²) in [7, 11) is -0.582. The fourth-order valence-electron chi connectivity index (χ4n) is 3.58. The number of benzene rings is 3. The molecule has 0 aliphatic rings. The summed E-state index contributed by atoms with van der Waals surface area (Å²) >= 11 is 0. The SMILES string of the molecule is NC(Cc1ccc(C(=O)O)cc1)C(=O)OCC[SiH2]C(c1ccccc1)c1ccccc1. The average Bonchev–Trinajstić information content (AvgIpc) is 2.80. The van der Waals surface area contributed by atoms with Crippen molar-refractivity contribution in [2.75, 3.05) is 6.61 Å². The molecule has 31 heavy (non-hydrogen) atoms. The van der Waals surface area contributed by atoms with E-state index >= 15 is 0 Å². The highest BCUT2D eigenvalue weighted by Crippen LogP contribution is 2.24. The normalized spacial score (nSPS) is 12.2.